The van der Waals surface area contributed by atoms with Crippen LogP contribution < -0.4 is 0 Å². The molecule has 15 atom stereocenters. The van der Waals surface area contributed by atoms with E-state index < -0.39 is 95.1 Å². The zero-order chi connectivity index (χ0) is 33.5. The van der Waals surface area contributed by atoms with Crippen LogP contribution in [-0.4, -0.2) is 124 Å². The smallest absolute Gasteiger partial charge is 0.187 e. The van der Waals surface area contributed by atoms with E-state index >= 15 is 0 Å². The van der Waals surface area contributed by atoms with Crippen LogP contribution in [0.2, 0.25) is 0 Å². The second-order valence-corrected chi connectivity index (χ2v) is 16.0. The van der Waals surface area contributed by atoms with Crippen LogP contribution in [-0.2, 0) is 14.3 Å². The van der Waals surface area contributed by atoms with E-state index in [0.717, 1.165) is 0 Å². The molecule has 0 aromatic carbocycles. The van der Waals surface area contributed by atoms with Crippen molar-refractivity contribution in [1.82, 2.24) is 0 Å². The normalized spacial score (nSPS) is 48.9. The van der Waals surface area contributed by atoms with Crippen molar-refractivity contribution in [3.63, 3.8) is 0 Å². The molecule has 9 N–H and O–H groups in total. The maximum Gasteiger partial charge on any atom is 0.187 e. The van der Waals surface area contributed by atoms with Gasteiger partial charge in [-0.25, -0.2) is 0 Å². The third-order valence-corrected chi connectivity index (χ3v) is 12.7. The van der Waals surface area contributed by atoms with Gasteiger partial charge < -0.3 is 55.4 Å². The molecule has 3 saturated carbocycles. The minimum Gasteiger partial charge on any atom is -0.394 e. The molecule has 0 spiro atoms. The minimum absolute atomic E-state index is 0.103. The van der Waals surface area contributed by atoms with Crippen molar-refractivity contribution >= 4 is 5.78 Å². The molecule has 0 aromatic rings. The Hall–Kier alpha value is -1.03. The van der Waals surface area contributed by atoms with Gasteiger partial charge in [-0.3, -0.25) is 4.79 Å². The van der Waals surface area contributed by atoms with Crippen LogP contribution >= 0.6 is 0 Å². The number of ketones is 1. The number of fused-ring (bicyclic) bond motifs is 5. The first-order valence-electron chi connectivity index (χ1n) is 16.5. The highest BCUT2D eigenvalue weighted by Gasteiger charge is 2.69. The molecule has 1 saturated heterocycles. The summed E-state index contributed by atoms with van der Waals surface area (Å²) < 4.78 is 11.4. The number of allylic oxidation sites excluding steroid dienone is 1. The van der Waals surface area contributed by atoms with Crippen molar-refractivity contribution in [1.29, 1.82) is 0 Å². The zero-order valence-electron chi connectivity index (χ0n) is 27.0. The maximum atomic E-state index is 13.9. The number of hydrogen-bond donors (Lipinski definition) is 9. The number of carbonyl (C=O) groups excluding carboxylic acids is 1. The Morgan fingerprint density at radius 1 is 1.02 bits per heavy atom. The van der Waals surface area contributed by atoms with Crippen LogP contribution in [0.25, 0.3) is 0 Å². The molecule has 45 heavy (non-hydrogen) atoms. The van der Waals surface area contributed by atoms with Gasteiger partial charge in [0.1, 0.15) is 24.4 Å². The van der Waals surface area contributed by atoms with E-state index in [4.69, 9.17) is 9.47 Å². The lowest BCUT2D eigenvalue weighted by molar-refractivity contribution is -0.322. The van der Waals surface area contributed by atoms with Gasteiger partial charge in [0.2, 0.25) is 0 Å². The molecule has 5 aliphatic rings. The predicted molar refractivity (Wildman–Crippen MR) is 159 cm³/mol. The molecular formula is C33H54O12. The average molecular weight is 643 g/mol. The van der Waals surface area contributed by atoms with Gasteiger partial charge in [0.15, 0.2) is 12.1 Å². The van der Waals surface area contributed by atoms with Gasteiger partial charge in [-0.2, -0.15) is 0 Å². The quantitative estimate of drug-likeness (QED) is 0.166. The molecule has 0 aromatic heterocycles. The Morgan fingerprint density at radius 2 is 1.69 bits per heavy atom. The summed E-state index contributed by atoms with van der Waals surface area (Å²) in [6.07, 6.45) is -6.38. The number of carbonyl (C=O) groups is 1. The molecular weight excluding hydrogens is 588 g/mol. The molecule has 0 bridgehead atoms. The number of hydrogen-bond acceptors (Lipinski definition) is 12. The number of aliphatic hydroxyl groups is 9. The lowest BCUT2D eigenvalue weighted by atomic mass is 9.45. The van der Waals surface area contributed by atoms with Gasteiger partial charge >= 0.3 is 0 Å². The van der Waals surface area contributed by atoms with Crippen LogP contribution in [0.1, 0.15) is 86.0 Å². The highest BCUT2D eigenvalue weighted by Crippen LogP contribution is 2.68. The van der Waals surface area contributed by atoms with E-state index in [1.165, 1.54) is 0 Å². The van der Waals surface area contributed by atoms with Gasteiger partial charge in [0.05, 0.1) is 41.7 Å². The second kappa shape index (κ2) is 11.8. The fourth-order valence-electron chi connectivity index (χ4n) is 9.81. The monoisotopic (exact) mass is 642 g/mol. The first-order valence-corrected chi connectivity index (χ1v) is 16.5. The van der Waals surface area contributed by atoms with Crippen LogP contribution in [0.5, 0.6) is 0 Å². The topological polar surface area (TPSA) is 218 Å². The van der Waals surface area contributed by atoms with E-state index in [2.05, 4.69) is 0 Å². The Kier molecular flexibility index (Phi) is 9.28. The van der Waals surface area contributed by atoms with Crippen molar-refractivity contribution < 1.29 is 60.2 Å². The molecule has 1 heterocycles. The molecule has 0 radical (unpaired) electrons. The Labute approximate surface area is 264 Å². The number of ether oxygens (including phenoxy) is 2. The standard InChI is InChI=1S/C33H54O12/c1-29(2,41)9-8-24(37)32(5,42)23-7-11-33(43)17-12-19(35)18-13-21(44-28-27(40)26(39)25(38)22(15-34)45-28)20(36)14-30(18,3)16(17)6-10-31(23,33)4/h12,16,18,20-28,34,36-43H,6-11,13-15H2,1-5H3/t16-,18-,20-,21+,22+,23-,24?,25+,26-,27-,28?,30+,31+,32+,33+/m0/s1. The fourth-order valence-corrected chi connectivity index (χ4v) is 9.81. The molecule has 4 fully saturated rings. The highest BCUT2D eigenvalue weighted by molar-refractivity contribution is 5.95. The second-order valence-electron chi connectivity index (χ2n) is 16.0. The summed E-state index contributed by atoms with van der Waals surface area (Å²) in [5, 5.41) is 97.1. The highest BCUT2D eigenvalue weighted by atomic mass is 16.7. The molecule has 1 aliphatic heterocycles. The Morgan fingerprint density at radius 3 is 2.31 bits per heavy atom. The molecule has 5 rings (SSSR count). The molecule has 12 nitrogen and oxygen atoms in total. The van der Waals surface area contributed by atoms with Gasteiger partial charge in [0, 0.05) is 11.3 Å². The summed E-state index contributed by atoms with van der Waals surface area (Å²) in [6, 6.07) is 0. The Bertz CT molecular complexity index is 1150. The number of aliphatic hydroxyl groups excluding tert-OH is 6. The van der Waals surface area contributed by atoms with Crippen LogP contribution in [0, 0.1) is 28.6 Å². The summed E-state index contributed by atoms with van der Waals surface area (Å²) >= 11 is 0. The SMILES string of the molecule is CC(C)(O)CCC(O)[C@](C)(O)[C@H]1CC[C@@]2(O)C3=CC(=O)[C@@H]4C[C@@H](OC5O[C@H](CO)[C@@H](O)[C@H](O)[C@@H]5O)[C@@H](O)C[C@]4(C)[C@H]3CC[C@]12C. The maximum absolute atomic E-state index is 13.9. The summed E-state index contributed by atoms with van der Waals surface area (Å²) in [4.78, 5) is 13.9. The first-order chi connectivity index (χ1) is 20.7. The molecule has 0 amide bonds. The third kappa shape index (κ3) is 5.65. The van der Waals surface area contributed by atoms with Crippen molar-refractivity contribution in [3.8, 4) is 0 Å². The Balaban J connectivity index is 1.37. The largest absolute Gasteiger partial charge is 0.394 e. The van der Waals surface area contributed by atoms with E-state index in [0.29, 0.717) is 37.7 Å². The van der Waals surface area contributed by atoms with Gasteiger partial charge in [-0.05, 0) is 101 Å². The van der Waals surface area contributed by atoms with Crippen molar-refractivity contribution in [2.45, 2.75) is 152 Å². The minimum atomic E-state index is -1.64. The summed E-state index contributed by atoms with van der Waals surface area (Å²) in [7, 11) is 0. The lowest BCUT2D eigenvalue weighted by Crippen LogP contribution is -2.64. The van der Waals surface area contributed by atoms with Crippen molar-refractivity contribution in [2.75, 3.05) is 6.61 Å². The molecule has 4 aliphatic carbocycles. The third-order valence-electron chi connectivity index (χ3n) is 12.7. The van der Waals surface area contributed by atoms with E-state index in [-0.39, 0.29) is 31.0 Å². The summed E-state index contributed by atoms with van der Waals surface area (Å²) in [5.41, 5.74) is -4.89. The zero-order valence-corrected chi connectivity index (χ0v) is 27.0. The summed E-state index contributed by atoms with van der Waals surface area (Å²) in [6.45, 7) is 8.16. The van der Waals surface area contributed by atoms with Gasteiger partial charge in [-0.15, -0.1) is 0 Å². The van der Waals surface area contributed by atoms with Gasteiger partial charge in [-0.1, -0.05) is 13.8 Å². The molecule has 12 heteroatoms. The number of rotatable bonds is 8. The van der Waals surface area contributed by atoms with Crippen LogP contribution in [0.15, 0.2) is 11.6 Å². The van der Waals surface area contributed by atoms with E-state index in [1.807, 2.05) is 13.8 Å². The van der Waals surface area contributed by atoms with Crippen LogP contribution in [0.3, 0.4) is 0 Å². The van der Waals surface area contributed by atoms with E-state index in [1.54, 1.807) is 26.8 Å². The van der Waals surface area contributed by atoms with Crippen molar-refractivity contribution in [3.05, 3.63) is 11.6 Å². The lowest BCUT2D eigenvalue weighted by Gasteiger charge is -2.61. The fraction of sp³-hybridized carbons (Fsp3) is 0.909. The predicted octanol–water partition coefficient (Wildman–Crippen LogP) is -0.322. The van der Waals surface area contributed by atoms with Crippen molar-refractivity contribution in [2.24, 2.45) is 28.6 Å². The molecule has 2 unspecified atom stereocenters. The van der Waals surface area contributed by atoms with E-state index in [9.17, 15) is 50.8 Å². The first kappa shape index (κ1) is 35.3. The average Bonchev–Trinajstić information content (AvgIpc) is 3.24. The summed E-state index contributed by atoms with van der Waals surface area (Å²) in [5.74, 6) is -1.48. The molecule has 258 valence electrons. The van der Waals surface area contributed by atoms with Gasteiger partial charge in [0.25, 0.3) is 0 Å². The van der Waals surface area contributed by atoms with Crippen LogP contribution in [0.4, 0.5) is 0 Å².